The average Bonchev–Trinajstić information content (AvgIpc) is 2.29. The van der Waals surface area contributed by atoms with E-state index in [0.29, 0.717) is 32.5 Å². The second kappa shape index (κ2) is 9.86. The summed E-state index contributed by atoms with van der Waals surface area (Å²) in [6.07, 6.45) is 1.43. The number of rotatable bonds is 9. The molecule has 7 N–H and O–H groups in total. The molecular weight excluding hydrogens is 224 g/mol. The van der Waals surface area contributed by atoms with E-state index in [0.717, 1.165) is 12.8 Å². The van der Waals surface area contributed by atoms with Gasteiger partial charge in [0.2, 0.25) is 5.91 Å². The molecule has 0 heterocycles. The van der Waals surface area contributed by atoms with Gasteiger partial charge in [-0.25, -0.2) is 4.79 Å². The molecule has 0 spiro atoms. The van der Waals surface area contributed by atoms with Crippen molar-refractivity contribution in [1.29, 1.82) is 0 Å². The zero-order valence-electron chi connectivity index (χ0n) is 9.95. The Hall–Kier alpha value is -1.34. The number of carbonyl (C=O) groups excluding carboxylic acids is 1. The van der Waals surface area contributed by atoms with Gasteiger partial charge in [-0.2, -0.15) is 0 Å². The normalized spacial score (nSPS) is 11.9. The highest BCUT2D eigenvalue weighted by molar-refractivity contribution is 5.85. The van der Waals surface area contributed by atoms with Crippen molar-refractivity contribution in [2.45, 2.75) is 31.7 Å². The summed E-state index contributed by atoms with van der Waals surface area (Å²) < 4.78 is 0. The molecule has 0 aliphatic heterocycles. The Balaban J connectivity index is 3.98. The van der Waals surface area contributed by atoms with Gasteiger partial charge < -0.3 is 27.2 Å². The molecule has 0 aliphatic rings. The van der Waals surface area contributed by atoms with Gasteiger partial charge >= 0.3 is 6.09 Å². The lowest BCUT2D eigenvalue weighted by Crippen LogP contribution is -2.46. The molecule has 0 aromatic heterocycles. The summed E-state index contributed by atoms with van der Waals surface area (Å²) in [6.45, 7) is 1.52. The monoisotopic (exact) mass is 246 g/mol. The molecule has 1 unspecified atom stereocenters. The highest BCUT2D eigenvalue weighted by Crippen LogP contribution is 1.97. The molecular formula is C10H22N4O3. The number of amides is 2. The van der Waals surface area contributed by atoms with Crippen LogP contribution in [0.5, 0.6) is 0 Å². The summed E-state index contributed by atoms with van der Waals surface area (Å²) in [5.74, 6) is -0.308. The lowest BCUT2D eigenvalue weighted by Gasteiger charge is -2.16. The van der Waals surface area contributed by atoms with E-state index >= 15 is 0 Å². The van der Waals surface area contributed by atoms with Gasteiger partial charge in [0.05, 0.1) is 0 Å². The molecule has 0 bridgehead atoms. The molecule has 0 fully saturated rings. The molecule has 7 heteroatoms. The quantitative estimate of drug-likeness (QED) is 0.340. The van der Waals surface area contributed by atoms with Crippen LogP contribution < -0.4 is 22.1 Å². The predicted octanol–water partition coefficient (Wildman–Crippen LogP) is -0.783. The zero-order valence-corrected chi connectivity index (χ0v) is 9.95. The Morgan fingerprint density at radius 2 is 1.76 bits per heavy atom. The number of carboxylic acid groups (broad SMARTS) is 1. The third-order valence-corrected chi connectivity index (χ3v) is 2.24. The van der Waals surface area contributed by atoms with E-state index in [1.807, 2.05) is 0 Å². The van der Waals surface area contributed by atoms with Crippen LogP contribution in [0.4, 0.5) is 4.79 Å². The first kappa shape index (κ1) is 15.7. The fourth-order valence-electron chi connectivity index (χ4n) is 1.34. The van der Waals surface area contributed by atoms with E-state index in [1.54, 1.807) is 0 Å². The van der Waals surface area contributed by atoms with Crippen LogP contribution in [-0.4, -0.2) is 42.8 Å². The van der Waals surface area contributed by atoms with Crippen LogP contribution in [0.1, 0.15) is 25.7 Å². The van der Waals surface area contributed by atoms with E-state index in [4.69, 9.17) is 16.6 Å². The molecule has 0 rings (SSSR count). The van der Waals surface area contributed by atoms with Crippen molar-refractivity contribution in [2.24, 2.45) is 11.5 Å². The molecule has 0 aliphatic carbocycles. The summed E-state index contributed by atoms with van der Waals surface area (Å²) in [4.78, 5) is 22.2. The minimum Gasteiger partial charge on any atom is -0.465 e. The van der Waals surface area contributed by atoms with Gasteiger partial charge in [-0.15, -0.1) is 0 Å². The van der Waals surface area contributed by atoms with Crippen molar-refractivity contribution in [3.63, 3.8) is 0 Å². The molecule has 100 valence electrons. The molecule has 0 aromatic carbocycles. The number of hydrogen-bond donors (Lipinski definition) is 5. The van der Waals surface area contributed by atoms with Crippen LogP contribution >= 0.6 is 0 Å². The highest BCUT2D eigenvalue weighted by Gasteiger charge is 2.19. The van der Waals surface area contributed by atoms with E-state index in [2.05, 4.69) is 10.6 Å². The Labute approximate surface area is 101 Å². The van der Waals surface area contributed by atoms with E-state index in [1.165, 1.54) is 0 Å². The van der Waals surface area contributed by atoms with Gasteiger partial charge in [0.25, 0.3) is 0 Å². The van der Waals surface area contributed by atoms with Crippen molar-refractivity contribution < 1.29 is 14.7 Å². The molecule has 1 atom stereocenters. The van der Waals surface area contributed by atoms with Crippen LogP contribution in [0, 0.1) is 0 Å². The van der Waals surface area contributed by atoms with E-state index in [9.17, 15) is 9.59 Å². The topological polar surface area (TPSA) is 130 Å². The van der Waals surface area contributed by atoms with Crippen molar-refractivity contribution in [2.75, 3.05) is 19.6 Å². The molecule has 2 amide bonds. The fourth-order valence-corrected chi connectivity index (χ4v) is 1.34. The number of nitrogens with two attached hydrogens (primary N) is 2. The van der Waals surface area contributed by atoms with Crippen LogP contribution in [0.25, 0.3) is 0 Å². The Bertz CT molecular complexity index is 236. The number of carbonyl (C=O) groups is 2. The maximum atomic E-state index is 11.6. The summed E-state index contributed by atoms with van der Waals surface area (Å²) in [7, 11) is 0. The standard InChI is InChI=1S/C10H22N4O3/c11-5-1-2-7-13-9(15)8(4-3-6-12)14-10(16)17/h8,14H,1-7,11-12H2,(H,13,15)(H,16,17). The van der Waals surface area contributed by atoms with Gasteiger partial charge in [0, 0.05) is 6.54 Å². The van der Waals surface area contributed by atoms with Gasteiger partial charge in [-0.05, 0) is 38.8 Å². The van der Waals surface area contributed by atoms with Crippen LogP contribution in [0.15, 0.2) is 0 Å². The molecule has 0 saturated heterocycles. The maximum absolute atomic E-state index is 11.6. The summed E-state index contributed by atoms with van der Waals surface area (Å²) in [5, 5.41) is 13.5. The smallest absolute Gasteiger partial charge is 0.405 e. The largest absolute Gasteiger partial charge is 0.465 e. The first-order valence-electron chi connectivity index (χ1n) is 5.79. The molecule has 17 heavy (non-hydrogen) atoms. The minimum atomic E-state index is -1.20. The zero-order chi connectivity index (χ0) is 13.1. The predicted molar refractivity (Wildman–Crippen MR) is 64.5 cm³/mol. The van der Waals surface area contributed by atoms with Crippen molar-refractivity contribution in [1.82, 2.24) is 10.6 Å². The molecule has 7 nitrogen and oxygen atoms in total. The third kappa shape index (κ3) is 8.47. The lowest BCUT2D eigenvalue weighted by atomic mass is 10.1. The van der Waals surface area contributed by atoms with Crippen LogP contribution in [0.2, 0.25) is 0 Å². The van der Waals surface area contributed by atoms with E-state index < -0.39 is 12.1 Å². The molecule has 0 saturated carbocycles. The second-order valence-corrected chi connectivity index (χ2v) is 3.72. The maximum Gasteiger partial charge on any atom is 0.405 e. The van der Waals surface area contributed by atoms with Crippen LogP contribution in [0.3, 0.4) is 0 Å². The van der Waals surface area contributed by atoms with Crippen molar-refractivity contribution in [3.8, 4) is 0 Å². The van der Waals surface area contributed by atoms with Crippen LogP contribution in [-0.2, 0) is 4.79 Å². The van der Waals surface area contributed by atoms with E-state index in [-0.39, 0.29) is 5.91 Å². The SMILES string of the molecule is NCCCCNC(=O)C(CCCN)NC(=O)O. The number of hydrogen-bond acceptors (Lipinski definition) is 4. The van der Waals surface area contributed by atoms with Gasteiger partial charge in [-0.3, -0.25) is 4.79 Å². The summed E-state index contributed by atoms with van der Waals surface area (Å²) >= 11 is 0. The molecule has 0 aromatic rings. The first-order valence-corrected chi connectivity index (χ1v) is 5.79. The Morgan fingerprint density at radius 1 is 1.12 bits per heavy atom. The fraction of sp³-hybridized carbons (Fsp3) is 0.800. The van der Waals surface area contributed by atoms with Gasteiger partial charge in [-0.1, -0.05) is 0 Å². The second-order valence-electron chi connectivity index (χ2n) is 3.72. The first-order chi connectivity index (χ1) is 8.11. The average molecular weight is 246 g/mol. The lowest BCUT2D eigenvalue weighted by molar-refractivity contribution is -0.123. The highest BCUT2D eigenvalue weighted by atomic mass is 16.4. The molecule has 0 radical (unpaired) electrons. The number of unbranched alkanes of at least 4 members (excludes halogenated alkanes) is 1. The van der Waals surface area contributed by atoms with Gasteiger partial charge in [0.15, 0.2) is 0 Å². The van der Waals surface area contributed by atoms with Crippen molar-refractivity contribution in [3.05, 3.63) is 0 Å². The summed E-state index contributed by atoms with van der Waals surface area (Å²) in [6, 6.07) is -0.728. The number of nitrogens with one attached hydrogen (secondary N) is 2. The Morgan fingerprint density at radius 3 is 2.29 bits per heavy atom. The summed E-state index contributed by atoms with van der Waals surface area (Å²) in [5.41, 5.74) is 10.6. The Kier molecular flexibility index (Phi) is 9.08. The minimum absolute atomic E-state index is 0.308. The van der Waals surface area contributed by atoms with Crippen molar-refractivity contribution >= 4 is 12.0 Å². The third-order valence-electron chi connectivity index (χ3n) is 2.24. The van der Waals surface area contributed by atoms with Gasteiger partial charge in [0.1, 0.15) is 6.04 Å².